The Morgan fingerprint density at radius 1 is 1.47 bits per heavy atom. The Kier molecular flexibility index (Phi) is 4.55. The first-order valence-corrected chi connectivity index (χ1v) is 7.78. The standard InChI is InChI=1S/C13H17N3OS2/c1-16(13-11(18-3)12(14)15-19-13)8-9-5-4-6-10(7-9)17-2/h4-7H,8H2,1-3H3,(H2,14,15). The molecule has 0 amide bonds. The molecule has 0 atom stereocenters. The summed E-state index contributed by atoms with van der Waals surface area (Å²) in [6.07, 6.45) is 2.02. The number of nitrogens with zero attached hydrogens (tertiary/aromatic N) is 2. The van der Waals surface area contributed by atoms with Crippen molar-refractivity contribution >= 4 is 34.1 Å². The van der Waals surface area contributed by atoms with Crippen molar-refractivity contribution in [3.63, 3.8) is 0 Å². The number of ether oxygens (including phenoxy) is 1. The molecule has 0 aliphatic rings. The number of hydrogen-bond donors (Lipinski definition) is 1. The summed E-state index contributed by atoms with van der Waals surface area (Å²) in [7, 11) is 3.73. The van der Waals surface area contributed by atoms with Crippen molar-refractivity contribution in [2.45, 2.75) is 11.4 Å². The van der Waals surface area contributed by atoms with Gasteiger partial charge in [-0.25, -0.2) is 0 Å². The highest BCUT2D eigenvalue weighted by atomic mass is 32.2. The number of hydrogen-bond acceptors (Lipinski definition) is 6. The summed E-state index contributed by atoms with van der Waals surface area (Å²) in [5.41, 5.74) is 7.06. The molecule has 19 heavy (non-hydrogen) atoms. The first-order valence-electron chi connectivity index (χ1n) is 5.79. The molecular weight excluding hydrogens is 278 g/mol. The molecule has 0 aliphatic carbocycles. The minimum absolute atomic E-state index is 0.616. The van der Waals surface area contributed by atoms with Gasteiger partial charge in [-0.1, -0.05) is 12.1 Å². The number of anilines is 2. The van der Waals surface area contributed by atoms with Crippen LogP contribution in [-0.2, 0) is 6.54 Å². The first kappa shape index (κ1) is 14.0. The van der Waals surface area contributed by atoms with Crippen molar-refractivity contribution in [2.75, 3.05) is 31.0 Å². The molecule has 0 spiro atoms. The molecule has 2 N–H and O–H groups in total. The maximum absolute atomic E-state index is 5.86. The summed E-state index contributed by atoms with van der Waals surface area (Å²) < 4.78 is 9.45. The van der Waals surface area contributed by atoms with E-state index >= 15 is 0 Å². The van der Waals surface area contributed by atoms with Crippen molar-refractivity contribution in [1.29, 1.82) is 0 Å². The lowest BCUT2D eigenvalue weighted by Crippen LogP contribution is -2.15. The Hall–Kier alpha value is -1.40. The van der Waals surface area contributed by atoms with Crippen LogP contribution in [0.15, 0.2) is 29.2 Å². The molecule has 2 aromatic rings. The third-order valence-electron chi connectivity index (χ3n) is 2.76. The molecule has 0 bridgehead atoms. The second kappa shape index (κ2) is 6.16. The molecule has 102 valence electrons. The smallest absolute Gasteiger partial charge is 0.153 e. The maximum Gasteiger partial charge on any atom is 0.153 e. The van der Waals surface area contributed by atoms with Gasteiger partial charge in [0.1, 0.15) is 10.8 Å². The van der Waals surface area contributed by atoms with Crippen molar-refractivity contribution in [2.24, 2.45) is 0 Å². The predicted molar refractivity (Wildman–Crippen MR) is 83.4 cm³/mol. The number of nitrogen functional groups attached to an aromatic ring is 1. The van der Waals surface area contributed by atoms with Crippen molar-refractivity contribution in [3.8, 4) is 5.75 Å². The zero-order valence-corrected chi connectivity index (χ0v) is 12.8. The highest BCUT2D eigenvalue weighted by Crippen LogP contribution is 2.37. The molecule has 1 heterocycles. The van der Waals surface area contributed by atoms with Gasteiger partial charge in [0.05, 0.1) is 12.0 Å². The van der Waals surface area contributed by atoms with Crippen LogP contribution in [0.25, 0.3) is 0 Å². The Labute approximate surface area is 121 Å². The number of rotatable bonds is 5. The van der Waals surface area contributed by atoms with Gasteiger partial charge >= 0.3 is 0 Å². The Bertz CT molecular complexity index is 557. The summed E-state index contributed by atoms with van der Waals surface area (Å²) in [6, 6.07) is 8.07. The number of methoxy groups -OCH3 is 1. The molecule has 0 fully saturated rings. The quantitative estimate of drug-likeness (QED) is 0.859. The van der Waals surface area contributed by atoms with Crippen molar-refractivity contribution < 1.29 is 4.74 Å². The van der Waals surface area contributed by atoms with Crippen LogP contribution in [0.5, 0.6) is 5.75 Å². The molecule has 1 aromatic carbocycles. The molecule has 2 rings (SSSR count). The minimum Gasteiger partial charge on any atom is -0.497 e. The average Bonchev–Trinajstić information content (AvgIpc) is 2.80. The second-order valence-corrected chi connectivity index (χ2v) is 5.68. The van der Waals surface area contributed by atoms with Gasteiger partial charge < -0.3 is 15.4 Å². The van der Waals surface area contributed by atoms with Crippen LogP contribution in [-0.4, -0.2) is 24.8 Å². The van der Waals surface area contributed by atoms with Gasteiger partial charge in [0.25, 0.3) is 0 Å². The molecule has 6 heteroatoms. The van der Waals surface area contributed by atoms with E-state index in [0.717, 1.165) is 22.2 Å². The van der Waals surface area contributed by atoms with Crippen LogP contribution in [0.2, 0.25) is 0 Å². The molecule has 0 saturated heterocycles. The van der Waals surface area contributed by atoms with E-state index in [-0.39, 0.29) is 0 Å². The van der Waals surface area contributed by atoms with Gasteiger partial charge in [-0.15, -0.1) is 11.8 Å². The fourth-order valence-electron chi connectivity index (χ4n) is 1.84. The van der Waals surface area contributed by atoms with E-state index in [1.807, 2.05) is 31.5 Å². The number of aromatic nitrogens is 1. The molecule has 1 aromatic heterocycles. The SMILES string of the molecule is COc1cccc(CN(C)c2snc(N)c2SC)c1. The van der Waals surface area contributed by atoms with E-state index in [4.69, 9.17) is 10.5 Å². The van der Waals surface area contributed by atoms with Crippen LogP contribution in [0.1, 0.15) is 5.56 Å². The predicted octanol–water partition coefficient (Wildman–Crippen LogP) is 3.09. The van der Waals surface area contributed by atoms with E-state index in [9.17, 15) is 0 Å². The van der Waals surface area contributed by atoms with E-state index in [2.05, 4.69) is 15.3 Å². The van der Waals surface area contributed by atoms with E-state index in [1.54, 1.807) is 18.9 Å². The fourth-order valence-corrected chi connectivity index (χ4v) is 3.51. The monoisotopic (exact) mass is 295 g/mol. The third kappa shape index (κ3) is 3.13. The Balaban J connectivity index is 2.17. The maximum atomic E-state index is 5.86. The van der Waals surface area contributed by atoms with Crippen LogP contribution in [0, 0.1) is 0 Å². The molecule has 0 aliphatic heterocycles. The molecular formula is C13H17N3OS2. The summed E-state index contributed by atoms with van der Waals surface area (Å²) in [5.74, 6) is 1.49. The molecule has 0 saturated carbocycles. The van der Waals surface area contributed by atoms with E-state index in [1.165, 1.54) is 17.1 Å². The second-order valence-electron chi connectivity index (χ2n) is 4.11. The van der Waals surface area contributed by atoms with Gasteiger partial charge in [0, 0.05) is 13.6 Å². The summed E-state index contributed by atoms with van der Waals surface area (Å²) >= 11 is 3.07. The van der Waals surface area contributed by atoms with E-state index < -0.39 is 0 Å². The number of nitrogens with two attached hydrogens (primary N) is 1. The molecule has 0 unspecified atom stereocenters. The number of benzene rings is 1. The van der Waals surface area contributed by atoms with Crippen LogP contribution in [0.4, 0.5) is 10.8 Å². The van der Waals surface area contributed by atoms with Gasteiger partial charge in [0.2, 0.25) is 0 Å². The summed E-state index contributed by atoms with van der Waals surface area (Å²) in [5, 5.41) is 1.10. The Morgan fingerprint density at radius 2 is 2.26 bits per heavy atom. The fraction of sp³-hybridized carbons (Fsp3) is 0.308. The average molecular weight is 295 g/mol. The van der Waals surface area contributed by atoms with Gasteiger partial charge in [-0.2, -0.15) is 4.37 Å². The van der Waals surface area contributed by atoms with Crippen LogP contribution >= 0.6 is 23.3 Å². The van der Waals surface area contributed by atoms with Crippen molar-refractivity contribution in [3.05, 3.63) is 29.8 Å². The van der Waals surface area contributed by atoms with Gasteiger partial charge in [-0.05, 0) is 35.5 Å². The normalized spacial score (nSPS) is 10.5. The highest BCUT2D eigenvalue weighted by Gasteiger charge is 2.14. The zero-order valence-electron chi connectivity index (χ0n) is 11.2. The van der Waals surface area contributed by atoms with Crippen LogP contribution < -0.4 is 15.4 Å². The van der Waals surface area contributed by atoms with Gasteiger partial charge in [-0.3, -0.25) is 0 Å². The van der Waals surface area contributed by atoms with Gasteiger partial charge in [0.15, 0.2) is 5.82 Å². The lowest BCUT2D eigenvalue weighted by Gasteiger charge is -2.18. The lowest BCUT2D eigenvalue weighted by atomic mass is 10.2. The third-order valence-corrected chi connectivity index (χ3v) is 4.68. The summed E-state index contributed by atoms with van der Waals surface area (Å²) in [4.78, 5) is 3.21. The van der Waals surface area contributed by atoms with Crippen LogP contribution in [0.3, 0.4) is 0 Å². The minimum atomic E-state index is 0.616. The summed E-state index contributed by atoms with van der Waals surface area (Å²) in [6.45, 7) is 0.798. The topological polar surface area (TPSA) is 51.4 Å². The lowest BCUT2D eigenvalue weighted by molar-refractivity contribution is 0.414. The number of thioether (sulfide) groups is 1. The molecule has 0 radical (unpaired) electrons. The first-order chi connectivity index (χ1) is 9.15. The van der Waals surface area contributed by atoms with Crippen molar-refractivity contribution in [1.82, 2.24) is 4.37 Å². The highest BCUT2D eigenvalue weighted by molar-refractivity contribution is 7.99. The largest absolute Gasteiger partial charge is 0.497 e. The van der Waals surface area contributed by atoms with E-state index in [0.29, 0.717) is 5.82 Å². The Morgan fingerprint density at radius 3 is 2.95 bits per heavy atom. The molecule has 4 nitrogen and oxygen atoms in total. The zero-order chi connectivity index (χ0) is 13.8.